The molecule has 0 fully saturated rings. The van der Waals surface area contributed by atoms with Gasteiger partial charge in [-0.25, -0.2) is 4.79 Å². The Labute approximate surface area is 129 Å². The van der Waals surface area contributed by atoms with E-state index in [1.54, 1.807) is 24.3 Å². The number of H-pyrrole nitrogens is 1. The molecule has 1 aromatic carbocycles. The second-order valence-corrected chi connectivity index (χ2v) is 5.24. The SMILES string of the molecule is O=C1C[C@H](C(=O)O)c2c(n(Cc3ccccc3)c(=O)[nH]c2=O)N1. The zero-order valence-electron chi connectivity index (χ0n) is 11.9. The van der Waals surface area contributed by atoms with Gasteiger partial charge >= 0.3 is 11.7 Å². The second-order valence-electron chi connectivity index (χ2n) is 5.24. The molecule has 8 heteroatoms. The maximum absolute atomic E-state index is 12.1. The summed E-state index contributed by atoms with van der Waals surface area (Å²) in [5.74, 6) is -3.15. The van der Waals surface area contributed by atoms with Crippen molar-refractivity contribution in [1.82, 2.24) is 9.55 Å². The van der Waals surface area contributed by atoms with E-state index in [0.717, 1.165) is 5.56 Å². The zero-order valence-corrected chi connectivity index (χ0v) is 11.9. The average molecular weight is 315 g/mol. The van der Waals surface area contributed by atoms with E-state index < -0.39 is 29.0 Å². The highest BCUT2D eigenvalue weighted by Crippen LogP contribution is 2.28. The first kappa shape index (κ1) is 14.8. The van der Waals surface area contributed by atoms with Crippen LogP contribution in [0.5, 0.6) is 0 Å². The molecule has 0 spiro atoms. The molecule has 0 aliphatic carbocycles. The third-order valence-electron chi connectivity index (χ3n) is 3.71. The number of amides is 1. The van der Waals surface area contributed by atoms with Crippen LogP contribution in [0.1, 0.15) is 23.5 Å². The number of carbonyl (C=O) groups is 2. The van der Waals surface area contributed by atoms with Gasteiger partial charge in [-0.2, -0.15) is 0 Å². The molecule has 23 heavy (non-hydrogen) atoms. The van der Waals surface area contributed by atoms with Gasteiger partial charge in [0.15, 0.2) is 0 Å². The smallest absolute Gasteiger partial charge is 0.330 e. The predicted molar refractivity (Wildman–Crippen MR) is 80.5 cm³/mol. The number of anilines is 1. The van der Waals surface area contributed by atoms with Crippen LogP contribution in [0.15, 0.2) is 39.9 Å². The molecule has 1 amide bonds. The first-order valence-corrected chi connectivity index (χ1v) is 6.91. The highest BCUT2D eigenvalue weighted by molar-refractivity contribution is 5.98. The van der Waals surface area contributed by atoms with E-state index in [9.17, 15) is 24.3 Å². The molecule has 0 bridgehead atoms. The third-order valence-corrected chi connectivity index (χ3v) is 3.71. The molecule has 0 saturated heterocycles. The topological polar surface area (TPSA) is 121 Å². The van der Waals surface area contributed by atoms with Crippen molar-refractivity contribution in [3.05, 3.63) is 62.3 Å². The van der Waals surface area contributed by atoms with Gasteiger partial charge in [-0.15, -0.1) is 0 Å². The Bertz CT molecular complexity index is 898. The second kappa shape index (κ2) is 5.56. The molecule has 0 unspecified atom stereocenters. The molecule has 0 radical (unpaired) electrons. The quantitative estimate of drug-likeness (QED) is 0.741. The van der Waals surface area contributed by atoms with Crippen molar-refractivity contribution in [2.75, 3.05) is 5.32 Å². The van der Waals surface area contributed by atoms with Gasteiger partial charge in [0, 0.05) is 6.42 Å². The van der Waals surface area contributed by atoms with Gasteiger partial charge in [-0.3, -0.25) is 23.9 Å². The summed E-state index contributed by atoms with van der Waals surface area (Å²) in [5.41, 5.74) is -0.825. The van der Waals surface area contributed by atoms with Crippen LogP contribution in [0.2, 0.25) is 0 Å². The highest BCUT2D eigenvalue weighted by Gasteiger charge is 2.35. The number of hydrogen-bond donors (Lipinski definition) is 3. The number of fused-ring (bicyclic) bond motifs is 1. The number of rotatable bonds is 3. The molecule has 2 aromatic rings. The largest absolute Gasteiger partial charge is 0.481 e. The Morgan fingerprint density at radius 2 is 1.91 bits per heavy atom. The number of nitrogens with zero attached hydrogens (tertiary/aromatic N) is 1. The molecule has 1 aliphatic heterocycles. The fraction of sp³-hybridized carbons (Fsp3) is 0.200. The summed E-state index contributed by atoms with van der Waals surface area (Å²) in [6.07, 6.45) is -0.338. The summed E-state index contributed by atoms with van der Waals surface area (Å²) in [7, 11) is 0. The van der Waals surface area contributed by atoms with Gasteiger partial charge in [-0.1, -0.05) is 30.3 Å². The molecular weight excluding hydrogens is 302 g/mol. The first-order valence-electron chi connectivity index (χ1n) is 6.91. The highest BCUT2D eigenvalue weighted by atomic mass is 16.4. The molecular formula is C15H13N3O5. The Hall–Kier alpha value is -3.16. The van der Waals surface area contributed by atoms with Gasteiger partial charge in [-0.05, 0) is 5.56 Å². The summed E-state index contributed by atoms with van der Waals surface area (Å²) >= 11 is 0. The maximum Gasteiger partial charge on any atom is 0.330 e. The number of aromatic nitrogens is 2. The van der Waals surface area contributed by atoms with Crippen molar-refractivity contribution in [2.45, 2.75) is 18.9 Å². The van der Waals surface area contributed by atoms with E-state index >= 15 is 0 Å². The number of carboxylic acids is 1. The number of aliphatic carboxylic acids is 1. The van der Waals surface area contributed by atoms with E-state index in [4.69, 9.17) is 0 Å². The van der Waals surface area contributed by atoms with Crippen LogP contribution < -0.4 is 16.6 Å². The predicted octanol–water partition coefficient (Wildman–Crippen LogP) is 0.0953. The van der Waals surface area contributed by atoms with E-state index in [0.29, 0.717) is 0 Å². The summed E-state index contributed by atoms with van der Waals surface area (Å²) < 4.78 is 1.17. The number of hydrogen-bond acceptors (Lipinski definition) is 4. The van der Waals surface area contributed by atoms with Crippen LogP contribution >= 0.6 is 0 Å². The number of carbonyl (C=O) groups excluding carboxylic acids is 1. The minimum absolute atomic E-state index is 0.0498. The van der Waals surface area contributed by atoms with Gasteiger partial charge in [0.25, 0.3) is 5.56 Å². The number of aromatic amines is 1. The molecule has 1 aliphatic rings. The summed E-state index contributed by atoms with van der Waals surface area (Å²) in [5, 5.41) is 11.7. The minimum Gasteiger partial charge on any atom is -0.481 e. The molecule has 3 N–H and O–H groups in total. The molecule has 1 atom stereocenters. The van der Waals surface area contributed by atoms with Crippen LogP contribution in [-0.2, 0) is 16.1 Å². The van der Waals surface area contributed by atoms with Crippen molar-refractivity contribution < 1.29 is 14.7 Å². The number of carboxylic acid groups (broad SMARTS) is 1. The molecule has 118 valence electrons. The van der Waals surface area contributed by atoms with Crippen LogP contribution in [0, 0.1) is 0 Å². The third kappa shape index (κ3) is 2.66. The molecule has 1 aromatic heterocycles. The number of nitrogens with one attached hydrogen (secondary N) is 2. The monoisotopic (exact) mass is 315 g/mol. The lowest BCUT2D eigenvalue weighted by Crippen LogP contribution is -2.41. The van der Waals surface area contributed by atoms with E-state index in [2.05, 4.69) is 10.3 Å². The Kier molecular flexibility index (Phi) is 3.57. The summed E-state index contributed by atoms with van der Waals surface area (Å²) in [6.45, 7) is 0.103. The average Bonchev–Trinajstić information content (AvgIpc) is 2.51. The van der Waals surface area contributed by atoms with Crippen LogP contribution in [0.3, 0.4) is 0 Å². The summed E-state index contributed by atoms with van der Waals surface area (Å²) in [6, 6.07) is 8.96. The van der Waals surface area contributed by atoms with Gasteiger partial charge in [0.05, 0.1) is 18.0 Å². The van der Waals surface area contributed by atoms with Gasteiger partial charge in [0.1, 0.15) is 5.82 Å². The lowest BCUT2D eigenvalue weighted by molar-refractivity contribution is -0.140. The zero-order chi connectivity index (χ0) is 16.6. The lowest BCUT2D eigenvalue weighted by Gasteiger charge is -2.24. The van der Waals surface area contributed by atoms with Crippen molar-refractivity contribution >= 4 is 17.7 Å². The molecule has 0 saturated carbocycles. The van der Waals surface area contributed by atoms with Crippen molar-refractivity contribution in [3.8, 4) is 0 Å². The first-order chi connectivity index (χ1) is 11.0. The van der Waals surface area contributed by atoms with Gasteiger partial charge in [0.2, 0.25) is 5.91 Å². The van der Waals surface area contributed by atoms with E-state index in [1.165, 1.54) is 4.57 Å². The van der Waals surface area contributed by atoms with Gasteiger partial charge < -0.3 is 10.4 Å². The van der Waals surface area contributed by atoms with Crippen LogP contribution in [-0.4, -0.2) is 26.5 Å². The Morgan fingerprint density at radius 1 is 1.22 bits per heavy atom. The normalized spacial score (nSPS) is 16.5. The maximum atomic E-state index is 12.1. The lowest BCUT2D eigenvalue weighted by atomic mass is 9.93. The molecule has 2 heterocycles. The summed E-state index contributed by atoms with van der Waals surface area (Å²) in [4.78, 5) is 49.4. The molecule has 3 rings (SSSR count). The number of benzene rings is 1. The van der Waals surface area contributed by atoms with Crippen LogP contribution in [0.4, 0.5) is 5.82 Å². The van der Waals surface area contributed by atoms with E-state index in [-0.39, 0.29) is 24.3 Å². The standard InChI is InChI=1S/C15H13N3O5/c19-10-6-9(14(21)22)11-12(16-10)18(15(23)17-13(11)20)7-8-4-2-1-3-5-8/h1-5,9H,6-7H2,(H,16,19)(H,21,22)(H,17,20,23)/t9-/m0/s1. The molecule has 8 nitrogen and oxygen atoms in total. The van der Waals surface area contributed by atoms with Crippen molar-refractivity contribution in [3.63, 3.8) is 0 Å². The van der Waals surface area contributed by atoms with Crippen molar-refractivity contribution in [1.29, 1.82) is 0 Å². The Balaban J connectivity index is 2.20. The van der Waals surface area contributed by atoms with Crippen molar-refractivity contribution in [2.24, 2.45) is 0 Å². The fourth-order valence-corrected chi connectivity index (χ4v) is 2.64. The van der Waals surface area contributed by atoms with E-state index in [1.807, 2.05) is 6.07 Å². The fourth-order valence-electron chi connectivity index (χ4n) is 2.64. The van der Waals surface area contributed by atoms with Crippen LogP contribution in [0.25, 0.3) is 0 Å². The Morgan fingerprint density at radius 3 is 2.57 bits per heavy atom. The minimum atomic E-state index is -1.28.